The van der Waals surface area contributed by atoms with Gasteiger partial charge in [-0.05, 0) is 49.4 Å². The Bertz CT molecular complexity index is 540. The van der Waals surface area contributed by atoms with Crippen molar-refractivity contribution in [1.82, 2.24) is 0 Å². The second kappa shape index (κ2) is 4.65. The molecule has 1 aliphatic carbocycles. The topological polar surface area (TPSA) is 42.6 Å². The van der Waals surface area contributed by atoms with Gasteiger partial charge in [0.05, 0.1) is 6.61 Å². The second-order valence-corrected chi connectivity index (χ2v) is 4.98. The molecule has 18 heavy (non-hydrogen) atoms. The highest BCUT2D eigenvalue weighted by Gasteiger charge is 2.32. The maximum absolute atomic E-state index is 10.0. The lowest BCUT2D eigenvalue weighted by atomic mass is 10.1. The van der Waals surface area contributed by atoms with E-state index in [4.69, 9.17) is 9.15 Å². The Morgan fingerprint density at radius 2 is 2.22 bits per heavy atom. The molecule has 1 atom stereocenters. The van der Waals surface area contributed by atoms with Crippen molar-refractivity contribution in [2.45, 2.75) is 32.3 Å². The number of ether oxygens (including phenoxy) is 1. The fourth-order valence-electron chi connectivity index (χ4n) is 2.14. The zero-order valence-corrected chi connectivity index (χ0v) is 10.6. The van der Waals surface area contributed by atoms with Gasteiger partial charge in [-0.25, -0.2) is 0 Å². The highest BCUT2D eigenvalue weighted by atomic mass is 16.5. The molecule has 0 saturated heterocycles. The highest BCUT2D eigenvalue weighted by Crippen LogP contribution is 2.42. The van der Waals surface area contributed by atoms with Gasteiger partial charge in [-0.15, -0.1) is 0 Å². The lowest BCUT2D eigenvalue weighted by Crippen LogP contribution is -1.96. The first-order valence-electron chi connectivity index (χ1n) is 6.62. The molecule has 1 unspecified atom stereocenters. The summed E-state index contributed by atoms with van der Waals surface area (Å²) in [5, 5.41) is 11.0. The van der Waals surface area contributed by atoms with Crippen molar-refractivity contribution >= 4 is 11.0 Å². The average Bonchev–Trinajstić information content (AvgIpc) is 3.14. The van der Waals surface area contributed by atoms with Gasteiger partial charge in [0.1, 0.15) is 23.2 Å². The number of furan rings is 1. The molecule has 3 nitrogen and oxygen atoms in total. The van der Waals surface area contributed by atoms with Crippen LogP contribution in [0.2, 0.25) is 0 Å². The van der Waals surface area contributed by atoms with Gasteiger partial charge in [0.15, 0.2) is 0 Å². The average molecular weight is 246 g/mol. The van der Waals surface area contributed by atoms with Crippen LogP contribution in [0, 0.1) is 5.92 Å². The minimum absolute atomic E-state index is 0.390. The predicted octanol–water partition coefficient (Wildman–Crippen LogP) is 3.67. The Morgan fingerprint density at radius 3 is 2.94 bits per heavy atom. The molecule has 0 spiro atoms. The molecule has 0 bridgehead atoms. The molecule has 0 radical (unpaired) electrons. The molecule has 3 heteroatoms. The van der Waals surface area contributed by atoms with Crippen LogP contribution in [0.15, 0.2) is 28.7 Å². The van der Waals surface area contributed by atoms with Gasteiger partial charge in [0.2, 0.25) is 0 Å². The van der Waals surface area contributed by atoms with Crippen LogP contribution in [0.5, 0.6) is 5.75 Å². The Balaban J connectivity index is 1.86. The van der Waals surface area contributed by atoms with Gasteiger partial charge in [0.25, 0.3) is 0 Å². The van der Waals surface area contributed by atoms with Crippen LogP contribution in [0.4, 0.5) is 0 Å². The summed E-state index contributed by atoms with van der Waals surface area (Å²) in [6.45, 7) is 2.81. The molecule has 2 aromatic rings. The lowest BCUT2D eigenvalue weighted by Gasteiger charge is -2.03. The van der Waals surface area contributed by atoms with Crippen molar-refractivity contribution in [3.8, 4) is 5.75 Å². The van der Waals surface area contributed by atoms with E-state index >= 15 is 0 Å². The van der Waals surface area contributed by atoms with E-state index in [1.54, 1.807) is 0 Å². The third-order valence-corrected chi connectivity index (χ3v) is 3.34. The standard InChI is InChI=1S/C15H18O3/c1-2-7-17-12-5-6-13-11(8-12)9-14(18-13)15(16)10-3-4-10/h5-6,8-10,15-16H,2-4,7H2,1H3. The van der Waals surface area contributed by atoms with Crippen molar-refractivity contribution in [1.29, 1.82) is 0 Å². The van der Waals surface area contributed by atoms with E-state index in [2.05, 4.69) is 6.92 Å². The van der Waals surface area contributed by atoms with E-state index in [9.17, 15) is 5.11 Å². The Labute approximate surface area is 106 Å². The predicted molar refractivity (Wildman–Crippen MR) is 69.7 cm³/mol. The third-order valence-electron chi connectivity index (χ3n) is 3.34. The van der Waals surface area contributed by atoms with Gasteiger partial charge in [-0.3, -0.25) is 0 Å². The summed E-state index contributed by atoms with van der Waals surface area (Å²) < 4.78 is 11.3. The van der Waals surface area contributed by atoms with E-state index in [1.807, 2.05) is 24.3 Å². The fourth-order valence-corrected chi connectivity index (χ4v) is 2.14. The van der Waals surface area contributed by atoms with Gasteiger partial charge in [-0.2, -0.15) is 0 Å². The monoisotopic (exact) mass is 246 g/mol. The van der Waals surface area contributed by atoms with Crippen molar-refractivity contribution in [3.05, 3.63) is 30.0 Å². The number of aliphatic hydroxyl groups excluding tert-OH is 1. The maximum Gasteiger partial charge on any atom is 0.134 e. The molecule has 0 amide bonds. The molecule has 1 saturated carbocycles. The van der Waals surface area contributed by atoms with Gasteiger partial charge in [-0.1, -0.05) is 6.92 Å². The number of fused-ring (bicyclic) bond motifs is 1. The van der Waals surface area contributed by atoms with E-state index < -0.39 is 6.10 Å². The van der Waals surface area contributed by atoms with Crippen LogP contribution in [0.25, 0.3) is 11.0 Å². The van der Waals surface area contributed by atoms with Crippen LogP contribution in [-0.2, 0) is 0 Å². The lowest BCUT2D eigenvalue weighted by molar-refractivity contribution is 0.129. The first-order chi connectivity index (χ1) is 8.78. The summed E-state index contributed by atoms with van der Waals surface area (Å²) >= 11 is 0. The smallest absolute Gasteiger partial charge is 0.134 e. The molecule has 3 rings (SSSR count). The number of rotatable bonds is 5. The van der Waals surface area contributed by atoms with E-state index in [0.717, 1.165) is 42.6 Å². The van der Waals surface area contributed by atoms with Crippen LogP contribution in [0.3, 0.4) is 0 Å². The molecule has 1 fully saturated rings. The summed E-state index contributed by atoms with van der Waals surface area (Å²) in [4.78, 5) is 0. The molecule has 0 aliphatic heterocycles. The zero-order chi connectivity index (χ0) is 12.5. The zero-order valence-electron chi connectivity index (χ0n) is 10.6. The minimum Gasteiger partial charge on any atom is -0.494 e. The summed E-state index contributed by atoms with van der Waals surface area (Å²) in [6, 6.07) is 7.72. The number of hydrogen-bond acceptors (Lipinski definition) is 3. The quantitative estimate of drug-likeness (QED) is 0.875. The van der Waals surface area contributed by atoms with Crippen LogP contribution < -0.4 is 4.74 Å². The molecular weight excluding hydrogens is 228 g/mol. The van der Waals surface area contributed by atoms with Crippen LogP contribution in [-0.4, -0.2) is 11.7 Å². The van der Waals surface area contributed by atoms with E-state index in [0.29, 0.717) is 11.7 Å². The molecule has 1 aliphatic rings. The summed E-state index contributed by atoms with van der Waals surface area (Å²) in [7, 11) is 0. The first-order valence-corrected chi connectivity index (χ1v) is 6.62. The van der Waals surface area contributed by atoms with E-state index in [-0.39, 0.29) is 0 Å². The molecule has 1 heterocycles. The third kappa shape index (κ3) is 2.23. The van der Waals surface area contributed by atoms with Gasteiger partial charge in [0, 0.05) is 5.39 Å². The van der Waals surface area contributed by atoms with Crippen molar-refractivity contribution < 1.29 is 14.3 Å². The largest absolute Gasteiger partial charge is 0.494 e. The summed E-state index contributed by atoms with van der Waals surface area (Å²) in [6.07, 6.45) is 2.75. The van der Waals surface area contributed by atoms with Gasteiger partial charge >= 0.3 is 0 Å². The van der Waals surface area contributed by atoms with Crippen molar-refractivity contribution in [2.24, 2.45) is 5.92 Å². The van der Waals surface area contributed by atoms with Crippen LogP contribution in [0.1, 0.15) is 38.1 Å². The first kappa shape index (κ1) is 11.6. The minimum atomic E-state index is -0.447. The molecule has 1 N–H and O–H groups in total. The van der Waals surface area contributed by atoms with Crippen LogP contribution >= 0.6 is 0 Å². The number of benzene rings is 1. The highest BCUT2D eigenvalue weighted by molar-refractivity contribution is 5.79. The molecular formula is C15H18O3. The van der Waals surface area contributed by atoms with Crippen molar-refractivity contribution in [2.75, 3.05) is 6.61 Å². The Hall–Kier alpha value is -1.48. The maximum atomic E-state index is 10.0. The summed E-state index contributed by atoms with van der Waals surface area (Å²) in [5.41, 5.74) is 0.813. The van der Waals surface area contributed by atoms with Gasteiger partial charge < -0.3 is 14.3 Å². The molecule has 96 valence electrons. The second-order valence-electron chi connectivity index (χ2n) is 4.98. The fraction of sp³-hybridized carbons (Fsp3) is 0.467. The van der Waals surface area contributed by atoms with E-state index in [1.165, 1.54) is 0 Å². The Kier molecular flexibility index (Phi) is 3.00. The SMILES string of the molecule is CCCOc1ccc2oc(C(O)C3CC3)cc2c1. The number of aliphatic hydroxyl groups is 1. The Morgan fingerprint density at radius 1 is 1.39 bits per heavy atom. The normalized spacial score (nSPS) is 17.0. The molecule has 1 aromatic heterocycles. The summed E-state index contributed by atoms with van der Waals surface area (Å²) in [5.74, 6) is 1.93. The molecule has 1 aromatic carbocycles. The number of hydrogen-bond donors (Lipinski definition) is 1. The van der Waals surface area contributed by atoms with Crippen molar-refractivity contribution in [3.63, 3.8) is 0 Å².